The molecule has 2 aromatic carbocycles. The summed E-state index contributed by atoms with van der Waals surface area (Å²) in [5.74, 6) is 0.730. The number of nitrogens with one attached hydrogen (secondary N) is 1. The summed E-state index contributed by atoms with van der Waals surface area (Å²) in [6.07, 6.45) is 3.14. The summed E-state index contributed by atoms with van der Waals surface area (Å²) in [4.78, 5) is 27.7. The maximum absolute atomic E-state index is 13.3. The predicted octanol–water partition coefficient (Wildman–Crippen LogP) is 4.91. The molecule has 0 fully saturated rings. The largest absolute Gasteiger partial charge is 0.455 e. The number of carbonyl (C=O) groups is 2. The molecule has 1 aliphatic carbocycles. The number of benzene rings is 2. The Morgan fingerprint density at radius 3 is 2.58 bits per heavy atom. The van der Waals surface area contributed by atoms with Crippen LogP contribution in [0.2, 0.25) is 5.02 Å². The molecule has 2 aliphatic rings. The molecule has 1 aliphatic heterocycles. The highest BCUT2D eigenvalue weighted by Crippen LogP contribution is 2.31. The molecule has 33 heavy (non-hydrogen) atoms. The third-order valence-electron chi connectivity index (χ3n) is 6.34. The van der Waals surface area contributed by atoms with Crippen molar-refractivity contribution in [1.82, 2.24) is 10.3 Å². The molecule has 1 N–H and O–H groups in total. The van der Waals surface area contributed by atoms with Crippen molar-refractivity contribution < 1.29 is 14.0 Å². The maximum atomic E-state index is 13.3. The first-order valence-electron chi connectivity index (χ1n) is 11.1. The number of amides is 2. The lowest BCUT2D eigenvalue weighted by Gasteiger charge is -2.28. The molecule has 6 nitrogen and oxygen atoms in total. The maximum Gasteiger partial charge on any atom is 0.290 e. The van der Waals surface area contributed by atoms with Crippen LogP contribution in [0.15, 0.2) is 58.0 Å². The minimum atomic E-state index is -0.310. The van der Waals surface area contributed by atoms with Crippen molar-refractivity contribution in [3.63, 3.8) is 0 Å². The van der Waals surface area contributed by atoms with E-state index >= 15 is 0 Å². The lowest BCUT2D eigenvalue weighted by atomic mass is 9.93. The van der Waals surface area contributed by atoms with Crippen LogP contribution in [0, 0.1) is 6.92 Å². The summed E-state index contributed by atoms with van der Waals surface area (Å²) < 4.78 is 6.08. The fourth-order valence-electron chi connectivity index (χ4n) is 4.58. The van der Waals surface area contributed by atoms with Gasteiger partial charge in [-0.25, -0.2) is 5.43 Å². The standard InChI is InChI=1S/C26H24ClN3O3/c1-16-23-21(28-29-25(31)18-9-11-20(27)12-10-18)7-4-8-22(23)33-24(16)26(32)30-14-13-17-5-2-3-6-19(17)15-30/h2-3,5-6,9-12H,4,7-8,13-15H2,1H3,(H,29,31)/b28-21+. The Hall–Kier alpha value is -3.38. The average molecular weight is 462 g/mol. The summed E-state index contributed by atoms with van der Waals surface area (Å²) in [5.41, 5.74) is 7.96. The number of rotatable bonds is 3. The molecule has 0 atom stereocenters. The Bertz CT molecular complexity index is 1260. The number of aryl methyl sites for hydroxylation is 1. The molecule has 0 unspecified atom stereocenters. The van der Waals surface area contributed by atoms with Gasteiger partial charge < -0.3 is 9.32 Å². The number of hydrogen-bond donors (Lipinski definition) is 1. The molecule has 5 rings (SSSR count). The number of furan rings is 1. The highest BCUT2D eigenvalue weighted by atomic mass is 35.5. The molecule has 0 saturated heterocycles. The fourth-order valence-corrected chi connectivity index (χ4v) is 4.71. The van der Waals surface area contributed by atoms with Crippen molar-refractivity contribution in [2.45, 2.75) is 39.2 Å². The van der Waals surface area contributed by atoms with Crippen LogP contribution < -0.4 is 5.43 Å². The Labute approximate surface area is 197 Å². The summed E-state index contributed by atoms with van der Waals surface area (Å²) >= 11 is 5.90. The smallest absolute Gasteiger partial charge is 0.290 e. The van der Waals surface area contributed by atoms with Gasteiger partial charge in [0.1, 0.15) is 5.76 Å². The highest BCUT2D eigenvalue weighted by Gasteiger charge is 2.31. The highest BCUT2D eigenvalue weighted by molar-refractivity contribution is 6.30. The SMILES string of the molecule is Cc1c(C(=O)N2CCc3ccccc3C2)oc2c1/C(=N/NC(=O)c1ccc(Cl)cc1)CCC2. The lowest BCUT2D eigenvalue weighted by molar-refractivity contribution is 0.0699. The number of hydrazone groups is 1. The topological polar surface area (TPSA) is 74.9 Å². The number of fused-ring (bicyclic) bond motifs is 2. The minimum Gasteiger partial charge on any atom is -0.455 e. The molecule has 3 aromatic rings. The zero-order valence-electron chi connectivity index (χ0n) is 18.4. The predicted molar refractivity (Wildman–Crippen MR) is 127 cm³/mol. The van der Waals surface area contributed by atoms with Gasteiger partial charge in [-0.2, -0.15) is 5.10 Å². The molecule has 168 valence electrons. The average Bonchev–Trinajstić information content (AvgIpc) is 3.19. The summed E-state index contributed by atoms with van der Waals surface area (Å²) in [6, 6.07) is 14.9. The number of halogens is 1. The van der Waals surface area contributed by atoms with Crippen LogP contribution >= 0.6 is 11.6 Å². The third-order valence-corrected chi connectivity index (χ3v) is 6.59. The normalized spacial score (nSPS) is 16.3. The third kappa shape index (κ3) is 4.18. The number of carbonyl (C=O) groups excluding carboxylic acids is 2. The van der Waals surface area contributed by atoms with Gasteiger partial charge in [0.2, 0.25) is 0 Å². The van der Waals surface area contributed by atoms with Crippen LogP contribution in [0.4, 0.5) is 0 Å². The Balaban J connectivity index is 1.38. The molecule has 0 spiro atoms. The Kier molecular flexibility index (Phi) is 5.77. The lowest BCUT2D eigenvalue weighted by Crippen LogP contribution is -2.36. The van der Waals surface area contributed by atoms with Gasteiger partial charge in [0.15, 0.2) is 5.76 Å². The summed E-state index contributed by atoms with van der Waals surface area (Å²) in [7, 11) is 0. The van der Waals surface area contributed by atoms with Gasteiger partial charge in [0, 0.05) is 41.2 Å². The van der Waals surface area contributed by atoms with Gasteiger partial charge >= 0.3 is 0 Å². The summed E-state index contributed by atoms with van der Waals surface area (Å²) in [6.45, 7) is 3.14. The zero-order chi connectivity index (χ0) is 22.9. The molecule has 1 aromatic heterocycles. The van der Waals surface area contributed by atoms with E-state index in [-0.39, 0.29) is 11.8 Å². The van der Waals surface area contributed by atoms with E-state index in [1.165, 1.54) is 11.1 Å². The van der Waals surface area contributed by atoms with Crippen molar-refractivity contribution in [3.05, 3.63) is 92.9 Å². The van der Waals surface area contributed by atoms with Gasteiger partial charge in [0.25, 0.3) is 11.8 Å². The second-order valence-corrected chi connectivity index (χ2v) is 8.90. The molecule has 7 heteroatoms. The van der Waals surface area contributed by atoms with Crippen molar-refractivity contribution in [1.29, 1.82) is 0 Å². The van der Waals surface area contributed by atoms with Gasteiger partial charge in [-0.3, -0.25) is 9.59 Å². The van der Waals surface area contributed by atoms with E-state index in [0.717, 1.165) is 41.9 Å². The number of nitrogens with zero attached hydrogens (tertiary/aromatic N) is 2. The van der Waals surface area contributed by atoms with E-state index in [9.17, 15) is 9.59 Å². The van der Waals surface area contributed by atoms with Crippen LogP contribution in [-0.4, -0.2) is 29.0 Å². The van der Waals surface area contributed by atoms with E-state index in [0.29, 0.717) is 35.9 Å². The van der Waals surface area contributed by atoms with E-state index in [1.54, 1.807) is 24.3 Å². The monoisotopic (exact) mass is 461 g/mol. The van der Waals surface area contributed by atoms with E-state index in [1.807, 2.05) is 24.0 Å². The summed E-state index contributed by atoms with van der Waals surface area (Å²) in [5, 5.41) is 4.97. The molecular formula is C26H24ClN3O3. The quantitative estimate of drug-likeness (QED) is 0.563. The first-order valence-corrected chi connectivity index (χ1v) is 11.5. The van der Waals surface area contributed by atoms with E-state index in [4.69, 9.17) is 16.0 Å². The molecule has 2 amide bonds. The van der Waals surface area contributed by atoms with Gasteiger partial charge in [-0.05, 0) is 61.6 Å². The zero-order valence-corrected chi connectivity index (χ0v) is 19.1. The Morgan fingerprint density at radius 2 is 1.79 bits per heavy atom. The second kappa shape index (κ2) is 8.87. The molecular weight excluding hydrogens is 438 g/mol. The minimum absolute atomic E-state index is 0.0963. The van der Waals surface area contributed by atoms with Crippen LogP contribution in [0.1, 0.15) is 61.8 Å². The van der Waals surface area contributed by atoms with Crippen LogP contribution in [-0.2, 0) is 19.4 Å². The van der Waals surface area contributed by atoms with E-state index in [2.05, 4.69) is 22.7 Å². The second-order valence-electron chi connectivity index (χ2n) is 8.46. The van der Waals surface area contributed by atoms with Crippen molar-refractivity contribution >= 4 is 29.1 Å². The van der Waals surface area contributed by atoms with E-state index < -0.39 is 0 Å². The molecule has 2 heterocycles. The Morgan fingerprint density at radius 1 is 1.03 bits per heavy atom. The van der Waals surface area contributed by atoms with Gasteiger partial charge in [0.05, 0.1) is 5.71 Å². The van der Waals surface area contributed by atoms with Crippen LogP contribution in [0.25, 0.3) is 0 Å². The van der Waals surface area contributed by atoms with Gasteiger partial charge in [-0.15, -0.1) is 0 Å². The molecule has 0 saturated carbocycles. The van der Waals surface area contributed by atoms with Crippen LogP contribution in [0.5, 0.6) is 0 Å². The van der Waals surface area contributed by atoms with Crippen molar-refractivity contribution in [2.75, 3.05) is 6.54 Å². The van der Waals surface area contributed by atoms with Crippen molar-refractivity contribution in [3.8, 4) is 0 Å². The van der Waals surface area contributed by atoms with Gasteiger partial charge in [-0.1, -0.05) is 35.9 Å². The van der Waals surface area contributed by atoms with Crippen LogP contribution in [0.3, 0.4) is 0 Å². The van der Waals surface area contributed by atoms with Crippen molar-refractivity contribution in [2.24, 2.45) is 5.10 Å². The number of hydrogen-bond acceptors (Lipinski definition) is 4. The first kappa shape index (κ1) is 21.5. The first-order chi connectivity index (χ1) is 16.0. The molecule has 0 radical (unpaired) electrons. The molecule has 0 bridgehead atoms. The fraction of sp³-hybridized carbons (Fsp3) is 0.269.